The van der Waals surface area contributed by atoms with Crippen molar-refractivity contribution in [2.75, 3.05) is 43.0 Å². The highest BCUT2D eigenvalue weighted by Crippen LogP contribution is 2.29. The summed E-state index contributed by atoms with van der Waals surface area (Å²) in [5, 5.41) is 6.78. The van der Waals surface area contributed by atoms with Gasteiger partial charge in [-0.3, -0.25) is 0 Å². The lowest BCUT2D eigenvalue weighted by Gasteiger charge is -2.26. The number of nitrogens with zero attached hydrogens (tertiary/aromatic N) is 5. The third kappa shape index (κ3) is 4.37. The van der Waals surface area contributed by atoms with Crippen LogP contribution in [0, 0.1) is 0 Å². The largest absolute Gasteiger partial charge is 0.433 e. The van der Waals surface area contributed by atoms with Crippen molar-refractivity contribution in [2.24, 2.45) is 0 Å². The Bertz CT molecular complexity index is 837. The number of alkyl halides is 3. The highest BCUT2D eigenvalue weighted by Gasteiger charge is 2.34. The van der Waals surface area contributed by atoms with E-state index in [9.17, 15) is 21.6 Å². The van der Waals surface area contributed by atoms with E-state index in [-0.39, 0.29) is 23.1 Å². The maximum absolute atomic E-state index is 12.9. The molecule has 3 rings (SSSR count). The smallest absolute Gasteiger partial charge is 0.370 e. The van der Waals surface area contributed by atoms with Crippen molar-refractivity contribution in [3.8, 4) is 0 Å². The fourth-order valence-electron chi connectivity index (χ4n) is 2.58. The maximum Gasteiger partial charge on any atom is 0.433 e. The first kappa shape index (κ1) is 17.9. The number of anilines is 1. The van der Waals surface area contributed by atoms with Crippen molar-refractivity contribution in [2.45, 2.75) is 12.6 Å². The molecule has 0 saturated carbocycles. The molecular weight excluding hydrogens is 361 g/mol. The van der Waals surface area contributed by atoms with Gasteiger partial charge in [0.05, 0.1) is 11.5 Å². The van der Waals surface area contributed by atoms with Crippen LogP contribution in [0.5, 0.6) is 0 Å². The normalized spacial score (nSPS) is 18.5. The third-order valence-electron chi connectivity index (χ3n) is 3.94. The van der Waals surface area contributed by atoms with Crippen molar-refractivity contribution in [3.63, 3.8) is 0 Å². The molecule has 0 amide bonds. The van der Waals surface area contributed by atoms with Gasteiger partial charge in [0, 0.05) is 25.7 Å². The van der Waals surface area contributed by atoms with Gasteiger partial charge in [-0.25, -0.2) is 13.4 Å². The monoisotopic (exact) mass is 378 g/mol. The number of halogens is 3. The molecule has 0 radical (unpaired) electrons. The summed E-state index contributed by atoms with van der Waals surface area (Å²) in [7, 11) is -2.92. The molecule has 2 aromatic rings. The summed E-state index contributed by atoms with van der Waals surface area (Å²) in [5.41, 5.74) is -1.03. The van der Waals surface area contributed by atoms with Gasteiger partial charge in [-0.15, -0.1) is 0 Å². The van der Waals surface area contributed by atoms with E-state index in [1.807, 2.05) is 4.90 Å². The first-order chi connectivity index (χ1) is 11.7. The van der Waals surface area contributed by atoms with Crippen LogP contribution in [-0.4, -0.2) is 70.6 Å². The molecule has 0 unspecified atom stereocenters. The molecule has 8 nitrogen and oxygen atoms in total. The van der Waals surface area contributed by atoms with Crippen LogP contribution in [0.4, 0.5) is 19.0 Å². The lowest BCUT2D eigenvalue weighted by Crippen LogP contribution is -2.41. The minimum Gasteiger partial charge on any atom is -0.370 e. The molecule has 138 valence electrons. The van der Waals surface area contributed by atoms with Gasteiger partial charge >= 0.3 is 6.18 Å². The summed E-state index contributed by atoms with van der Waals surface area (Å²) in [6, 6.07) is 0.898. The van der Waals surface area contributed by atoms with Crippen LogP contribution < -0.4 is 5.32 Å². The van der Waals surface area contributed by atoms with Gasteiger partial charge in [0.25, 0.3) is 5.78 Å². The van der Waals surface area contributed by atoms with E-state index < -0.39 is 21.7 Å². The van der Waals surface area contributed by atoms with Gasteiger partial charge in [0.1, 0.15) is 12.1 Å². The summed E-state index contributed by atoms with van der Waals surface area (Å²) in [6.07, 6.45) is -2.77. The highest BCUT2D eigenvalue weighted by molar-refractivity contribution is 7.91. The van der Waals surface area contributed by atoms with Crippen LogP contribution in [0.1, 0.15) is 12.1 Å². The Kier molecular flexibility index (Phi) is 4.82. The van der Waals surface area contributed by atoms with Crippen LogP contribution >= 0.6 is 0 Å². The van der Waals surface area contributed by atoms with Crippen LogP contribution in [0.15, 0.2) is 12.4 Å². The Morgan fingerprint density at radius 1 is 1.24 bits per heavy atom. The summed E-state index contributed by atoms with van der Waals surface area (Å²) in [4.78, 5) is 9.18. The summed E-state index contributed by atoms with van der Waals surface area (Å²) in [6.45, 7) is 2.06. The first-order valence-corrected chi connectivity index (χ1v) is 9.51. The van der Waals surface area contributed by atoms with Crippen LogP contribution in [0.25, 0.3) is 5.78 Å². The molecule has 1 N–H and O–H groups in total. The van der Waals surface area contributed by atoms with Crippen molar-refractivity contribution in [1.29, 1.82) is 0 Å². The zero-order chi connectivity index (χ0) is 18.1. The van der Waals surface area contributed by atoms with Crippen molar-refractivity contribution >= 4 is 21.4 Å². The quantitative estimate of drug-likeness (QED) is 0.765. The zero-order valence-corrected chi connectivity index (χ0v) is 14.0. The molecule has 0 atom stereocenters. The van der Waals surface area contributed by atoms with E-state index in [1.54, 1.807) is 0 Å². The fraction of sp³-hybridized carbons (Fsp3) is 0.615. The molecule has 0 bridgehead atoms. The van der Waals surface area contributed by atoms with E-state index in [2.05, 4.69) is 20.4 Å². The number of aromatic nitrogens is 4. The predicted octanol–water partition coefficient (Wildman–Crippen LogP) is 0.675. The molecule has 0 aliphatic carbocycles. The number of sulfone groups is 1. The number of hydrogen-bond donors (Lipinski definition) is 1. The molecule has 1 fully saturated rings. The predicted molar refractivity (Wildman–Crippen MR) is 84.0 cm³/mol. The van der Waals surface area contributed by atoms with Gasteiger partial charge in [0.15, 0.2) is 15.5 Å². The Balaban J connectivity index is 1.59. The highest BCUT2D eigenvalue weighted by atomic mass is 32.2. The fourth-order valence-corrected chi connectivity index (χ4v) is 3.85. The standard InChI is InChI=1S/C13H17F3N6O2S/c14-13(15,16)10-8-11(22-12(20-10)18-9-19-22)17-2-1-3-21-4-6-25(23,24)7-5-21/h8-9,17H,1-7H2. The van der Waals surface area contributed by atoms with E-state index in [4.69, 9.17) is 0 Å². The number of rotatable bonds is 5. The number of hydrogen-bond acceptors (Lipinski definition) is 7. The maximum atomic E-state index is 12.9. The van der Waals surface area contributed by atoms with Crippen LogP contribution in [0.3, 0.4) is 0 Å². The molecule has 0 spiro atoms. The Morgan fingerprint density at radius 3 is 2.64 bits per heavy atom. The lowest BCUT2D eigenvalue weighted by molar-refractivity contribution is -0.141. The van der Waals surface area contributed by atoms with Gasteiger partial charge in [-0.05, 0) is 13.0 Å². The second-order valence-corrected chi connectivity index (χ2v) is 8.07. The van der Waals surface area contributed by atoms with Crippen LogP contribution in [0.2, 0.25) is 0 Å². The van der Waals surface area contributed by atoms with E-state index >= 15 is 0 Å². The van der Waals surface area contributed by atoms with Crippen LogP contribution in [-0.2, 0) is 16.0 Å². The SMILES string of the molecule is O=S1(=O)CCN(CCCNc2cc(C(F)(F)F)nc3ncnn23)CC1. The average molecular weight is 378 g/mol. The molecule has 2 aromatic heterocycles. The summed E-state index contributed by atoms with van der Waals surface area (Å²) >= 11 is 0. The Hall–Kier alpha value is -1.95. The molecular formula is C13H17F3N6O2S. The second-order valence-electron chi connectivity index (χ2n) is 5.77. The third-order valence-corrected chi connectivity index (χ3v) is 5.55. The summed E-state index contributed by atoms with van der Waals surface area (Å²) < 4.78 is 62.6. The zero-order valence-electron chi connectivity index (χ0n) is 13.2. The minimum absolute atomic E-state index is 0.126. The van der Waals surface area contributed by atoms with Gasteiger partial charge in [-0.1, -0.05) is 0 Å². The molecule has 1 saturated heterocycles. The molecule has 0 aromatic carbocycles. The second kappa shape index (κ2) is 6.75. The van der Waals surface area contributed by atoms with E-state index in [0.717, 1.165) is 12.4 Å². The van der Waals surface area contributed by atoms with Gasteiger partial charge in [-0.2, -0.15) is 27.8 Å². The molecule has 12 heteroatoms. The van der Waals surface area contributed by atoms with Crippen molar-refractivity contribution < 1.29 is 21.6 Å². The molecule has 25 heavy (non-hydrogen) atoms. The molecule has 3 heterocycles. The Labute approximate surface area is 142 Å². The van der Waals surface area contributed by atoms with Gasteiger partial charge in [0.2, 0.25) is 0 Å². The van der Waals surface area contributed by atoms with E-state index in [1.165, 1.54) is 4.52 Å². The number of fused-ring (bicyclic) bond motifs is 1. The molecule has 1 aliphatic heterocycles. The van der Waals surface area contributed by atoms with E-state index in [0.29, 0.717) is 32.6 Å². The topological polar surface area (TPSA) is 92.5 Å². The first-order valence-electron chi connectivity index (χ1n) is 7.69. The van der Waals surface area contributed by atoms with Crippen molar-refractivity contribution in [1.82, 2.24) is 24.5 Å². The average Bonchev–Trinajstić information content (AvgIpc) is 3.00. The number of nitrogens with one attached hydrogen (secondary N) is 1. The Morgan fingerprint density at radius 2 is 1.96 bits per heavy atom. The summed E-state index contributed by atoms with van der Waals surface area (Å²) in [5.74, 6) is 0.341. The lowest BCUT2D eigenvalue weighted by atomic mass is 10.3. The van der Waals surface area contributed by atoms with Crippen molar-refractivity contribution in [3.05, 3.63) is 18.1 Å². The van der Waals surface area contributed by atoms with Gasteiger partial charge < -0.3 is 10.2 Å². The molecule has 1 aliphatic rings. The minimum atomic E-state index is -4.57.